The van der Waals surface area contributed by atoms with Gasteiger partial charge < -0.3 is 9.88 Å². The molecule has 27 heavy (non-hydrogen) atoms. The molecule has 0 radical (unpaired) electrons. The number of nitro benzene ring substituents is 1. The van der Waals surface area contributed by atoms with Crippen LogP contribution in [0.15, 0.2) is 23.1 Å². The summed E-state index contributed by atoms with van der Waals surface area (Å²) in [5.41, 5.74) is -0.00727. The van der Waals surface area contributed by atoms with Crippen LogP contribution in [0.3, 0.4) is 0 Å². The highest BCUT2D eigenvalue weighted by molar-refractivity contribution is 7.89. The molecule has 2 aliphatic heterocycles. The lowest BCUT2D eigenvalue weighted by molar-refractivity contribution is -0.384. The Kier molecular flexibility index (Phi) is 4.56. The zero-order valence-corrected chi connectivity index (χ0v) is 15.5. The van der Waals surface area contributed by atoms with Crippen LogP contribution in [0.1, 0.15) is 30.9 Å². The molecular formula is C16H20N6O4S. The van der Waals surface area contributed by atoms with E-state index in [0.29, 0.717) is 18.9 Å². The van der Waals surface area contributed by atoms with Crippen LogP contribution in [0, 0.1) is 10.1 Å². The molecule has 1 saturated heterocycles. The van der Waals surface area contributed by atoms with Crippen LogP contribution >= 0.6 is 0 Å². The number of nitrogens with zero attached hydrogens (tertiary/aromatic N) is 5. The number of aryl methyl sites for hydroxylation is 1. The molecule has 0 aliphatic carbocycles. The Morgan fingerprint density at radius 2 is 1.93 bits per heavy atom. The largest absolute Gasteiger partial charge is 0.372 e. The minimum Gasteiger partial charge on any atom is -0.372 e. The van der Waals surface area contributed by atoms with Crippen molar-refractivity contribution in [1.29, 1.82) is 0 Å². The molecule has 0 bridgehead atoms. The maximum absolute atomic E-state index is 12.7. The molecule has 0 unspecified atom stereocenters. The summed E-state index contributed by atoms with van der Waals surface area (Å²) in [5, 5.41) is 22.7. The van der Waals surface area contributed by atoms with Gasteiger partial charge in [-0.3, -0.25) is 10.1 Å². The maximum Gasteiger partial charge on any atom is 0.293 e. The van der Waals surface area contributed by atoms with Crippen molar-refractivity contribution in [3.8, 4) is 0 Å². The molecule has 1 fully saturated rings. The smallest absolute Gasteiger partial charge is 0.293 e. The number of fused-ring (bicyclic) bond motifs is 1. The van der Waals surface area contributed by atoms with Crippen molar-refractivity contribution in [2.24, 2.45) is 0 Å². The topological polar surface area (TPSA) is 123 Å². The third-order valence-electron chi connectivity index (χ3n) is 4.99. The highest BCUT2D eigenvalue weighted by Crippen LogP contribution is 2.30. The van der Waals surface area contributed by atoms with Crippen molar-refractivity contribution in [2.45, 2.75) is 43.7 Å². The normalized spacial score (nSPS) is 17.2. The summed E-state index contributed by atoms with van der Waals surface area (Å²) in [5.74, 6) is 1.64. The summed E-state index contributed by atoms with van der Waals surface area (Å²) in [7, 11) is -3.70. The van der Waals surface area contributed by atoms with Gasteiger partial charge in [-0.05, 0) is 31.4 Å². The molecule has 1 aromatic carbocycles. The molecule has 10 nitrogen and oxygen atoms in total. The third-order valence-corrected chi connectivity index (χ3v) is 6.89. The highest BCUT2D eigenvalue weighted by atomic mass is 32.2. The Bertz CT molecular complexity index is 981. The minimum atomic E-state index is -3.70. The molecule has 0 amide bonds. The molecule has 144 valence electrons. The van der Waals surface area contributed by atoms with E-state index in [1.807, 2.05) is 4.57 Å². The van der Waals surface area contributed by atoms with Crippen LogP contribution in [0.4, 0.5) is 11.4 Å². The van der Waals surface area contributed by atoms with E-state index in [9.17, 15) is 18.5 Å². The van der Waals surface area contributed by atoms with Crippen molar-refractivity contribution < 1.29 is 13.3 Å². The van der Waals surface area contributed by atoms with Crippen LogP contribution in [-0.2, 0) is 29.5 Å². The van der Waals surface area contributed by atoms with E-state index < -0.39 is 14.9 Å². The first-order chi connectivity index (χ1) is 13.0. The van der Waals surface area contributed by atoms with E-state index in [1.54, 1.807) is 0 Å². The molecule has 11 heteroatoms. The zero-order chi connectivity index (χ0) is 19.0. The van der Waals surface area contributed by atoms with Crippen molar-refractivity contribution in [3.63, 3.8) is 0 Å². The van der Waals surface area contributed by atoms with Gasteiger partial charge in [-0.25, -0.2) is 8.42 Å². The Morgan fingerprint density at radius 1 is 1.15 bits per heavy atom. The van der Waals surface area contributed by atoms with E-state index in [-0.39, 0.29) is 22.8 Å². The molecule has 1 aromatic heterocycles. The van der Waals surface area contributed by atoms with Gasteiger partial charge in [0.2, 0.25) is 10.0 Å². The van der Waals surface area contributed by atoms with Gasteiger partial charge in [-0.2, -0.15) is 4.31 Å². The van der Waals surface area contributed by atoms with Crippen molar-refractivity contribution in [1.82, 2.24) is 19.1 Å². The van der Waals surface area contributed by atoms with E-state index >= 15 is 0 Å². The molecule has 0 spiro atoms. The fourth-order valence-electron chi connectivity index (χ4n) is 3.57. The van der Waals surface area contributed by atoms with E-state index in [4.69, 9.17) is 0 Å². The molecular weight excluding hydrogens is 372 g/mol. The number of aromatic nitrogens is 3. The Hall–Kier alpha value is -2.53. The lowest BCUT2D eigenvalue weighted by atomic mass is 10.2. The molecule has 2 aromatic rings. The molecule has 0 saturated carbocycles. The van der Waals surface area contributed by atoms with Crippen LogP contribution in [-0.4, -0.2) is 45.5 Å². The second-order valence-corrected chi connectivity index (χ2v) is 8.63. The predicted molar refractivity (Wildman–Crippen MR) is 96.8 cm³/mol. The number of nitro groups is 1. The average Bonchev–Trinajstić information content (AvgIpc) is 3.38. The highest BCUT2D eigenvalue weighted by Gasteiger charge is 2.29. The van der Waals surface area contributed by atoms with Gasteiger partial charge >= 0.3 is 0 Å². The fourth-order valence-corrected chi connectivity index (χ4v) is 5.10. The molecule has 3 heterocycles. The van der Waals surface area contributed by atoms with Gasteiger partial charge in [-0.15, -0.1) is 10.2 Å². The first kappa shape index (κ1) is 17.9. The lowest BCUT2D eigenvalue weighted by Gasteiger charge is -2.16. The van der Waals surface area contributed by atoms with Crippen LogP contribution < -0.4 is 5.32 Å². The summed E-state index contributed by atoms with van der Waals surface area (Å²) >= 11 is 0. The zero-order valence-electron chi connectivity index (χ0n) is 14.7. The van der Waals surface area contributed by atoms with Gasteiger partial charge in [0, 0.05) is 32.1 Å². The second kappa shape index (κ2) is 6.89. The van der Waals surface area contributed by atoms with E-state index in [0.717, 1.165) is 44.1 Å². The van der Waals surface area contributed by atoms with E-state index in [2.05, 4.69) is 15.5 Å². The van der Waals surface area contributed by atoms with Gasteiger partial charge in [0.15, 0.2) is 5.82 Å². The number of anilines is 1. The number of hydrogen-bond acceptors (Lipinski definition) is 7. The molecule has 1 N–H and O–H groups in total. The first-order valence-electron chi connectivity index (χ1n) is 8.90. The fraction of sp³-hybridized carbons (Fsp3) is 0.500. The third kappa shape index (κ3) is 3.28. The summed E-state index contributed by atoms with van der Waals surface area (Å²) in [6.07, 6.45) is 3.52. The SMILES string of the molecule is O=[N+]([O-])c1cc(S(=O)(=O)N2CCCC2)ccc1NCc1nnc2n1CCC2. The van der Waals surface area contributed by atoms with Gasteiger partial charge in [-0.1, -0.05) is 0 Å². The Balaban J connectivity index is 1.58. The standard InChI is InChI=1S/C16H20N6O4S/c23-22(24)14-10-12(27(25,26)20-7-1-2-8-20)5-6-13(14)17-11-16-19-18-15-4-3-9-21(15)16/h5-6,10,17H,1-4,7-9,11H2. The number of nitrogens with one attached hydrogen (secondary N) is 1. The minimum absolute atomic E-state index is 0.0509. The number of benzene rings is 1. The monoisotopic (exact) mass is 392 g/mol. The Morgan fingerprint density at radius 3 is 2.67 bits per heavy atom. The Labute approximate surface area is 156 Å². The predicted octanol–water partition coefficient (Wildman–Crippen LogP) is 1.53. The summed E-state index contributed by atoms with van der Waals surface area (Å²) < 4.78 is 28.7. The lowest BCUT2D eigenvalue weighted by Crippen LogP contribution is -2.27. The number of rotatable bonds is 6. The summed E-state index contributed by atoms with van der Waals surface area (Å²) in [4.78, 5) is 10.9. The quantitative estimate of drug-likeness (QED) is 0.584. The number of sulfonamides is 1. The molecule has 0 atom stereocenters. The average molecular weight is 392 g/mol. The molecule has 4 rings (SSSR count). The van der Waals surface area contributed by atoms with Crippen LogP contribution in [0.25, 0.3) is 0 Å². The van der Waals surface area contributed by atoms with Gasteiger partial charge in [0.25, 0.3) is 5.69 Å². The summed E-state index contributed by atoms with van der Waals surface area (Å²) in [6, 6.07) is 3.99. The maximum atomic E-state index is 12.7. The second-order valence-electron chi connectivity index (χ2n) is 6.69. The van der Waals surface area contributed by atoms with Crippen molar-refractivity contribution in [2.75, 3.05) is 18.4 Å². The first-order valence-corrected chi connectivity index (χ1v) is 10.3. The van der Waals surface area contributed by atoms with Crippen LogP contribution in [0.5, 0.6) is 0 Å². The molecule has 2 aliphatic rings. The van der Waals surface area contributed by atoms with Crippen molar-refractivity contribution in [3.05, 3.63) is 40.0 Å². The van der Waals surface area contributed by atoms with Gasteiger partial charge in [0.1, 0.15) is 11.5 Å². The number of hydrogen-bond donors (Lipinski definition) is 1. The van der Waals surface area contributed by atoms with Crippen LogP contribution in [0.2, 0.25) is 0 Å². The van der Waals surface area contributed by atoms with Gasteiger partial charge in [0.05, 0.1) is 16.4 Å². The van der Waals surface area contributed by atoms with E-state index in [1.165, 1.54) is 16.4 Å². The van der Waals surface area contributed by atoms with Crippen molar-refractivity contribution >= 4 is 21.4 Å². The summed E-state index contributed by atoms with van der Waals surface area (Å²) in [6.45, 7) is 2.03.